The van der Waals surface area contributed by atoms with Gasteiger partial charge in [0.05, 0.1) is 11.6 Å². The number of nitriles is 1. The molecule has 0 radical (unpaired) electrons. The third-order valence-corrected chi connectivity index (χ3v) is 6.03. The Balaban J connectivity index is 1.42. The summed E-state index contributed by atoms with van der Waals surface area (Å²) in [6.07, 6.45) is 2.23. The minimum atomic E-state index is -0.175. The Kier molecular flexibility index (Phi) is 6.24. The highest BCUT2D eigenvalue weighted by atomic mass is 16.2. The molecule has 0 saturated carbocycles. The van der Waals surface area contributed by atoms with Gasteiger partial charge in [-0.1, -0.05) is 42.5 Å². The van der Waals surface area contributed by atoms with Gasteiger partial charge in [-0.15, -0.1) is 0 Å². The van der Waals surface area contributed by atoms with Gasteiger partial charge in [0.1, 0.15) is 6.04 Å². The molecular weight excluding hydrogens is 360 g/mol. The van der Waals surface area contributed by atoms with E-state index in [-0.39, 0.29) is 11.9 Å². The summed E-state index contributed by atoms with van der Waals surface area (Å²) in [6, 6.07) is 20.1. The average Bonchev–Trinajstić information content (AvgIpc) is 3.31. The monoisotopic (exact) mass is 388 g/mol. The van der Waals surface area contributed by atoms with Crippen LogP contribution in [0.5, 0.6) is 0 Å². The normalized spacial score (nSPS) is 19.1. The number of piperazine rings is 1. The zero-order valence-corrected chi connectivity index (χ0v) is 16.8. The Morgan fingerprint density at radius 2 is 1.55 bits per heavy atom. The van der Waals surface area contributed by atoms with Crippen molar-refractivity contribution in [3.8, 4) is 6.07 Å². The molecule has 0 aliphatic carbocycles. The van der Waals surface area contributed by atoms with Crippen molar-refractivity contribution in [1.82, 2.24) is 14.7 Å². The number of rotatable bonds is 5. The fraction of sp³-hybridized carbons (Fsp3) is 0.417. The van der Waals surface area contributed by atoms with Gasteiger partial charge in [-0.3, -0.25) is 14.6 Å². The highest BCUT2D eigenvalue weighted by Gasteiger charge is 2.34. The van der Waals surface area contributed by atoms with E-state index < -0.39 is 0 Å². The van der Waals surface area contributed by atoms with E-state index in [2.05, 4.69) is 28.0 Å². The second-order valence-corrected chi connectivity index (χ2v) is 7.97. The Morgan fingerprint density at radius 3 is 2.17 bits per heavy atom. The van der Waals surface area contributed by atoms with Crippen LogP contribution in [0, 0.1) is 11.3 Å². The van der Waals surface area contributed by atoms with Crippen LogP contribution in [0.3, 0.4) is 0 Å². The molecule has 0 bridgehead atoms. The van der Waals surface area contributed by atoms with Gasteiger partial charge in [0.2, 0.25) is 5.91 Å². The molecule has 1 atom stereocenters. The van der Waals surface area contributed by atoms with E-state index in [0.29, 0.717) is 5.56 Å². The van der Waals surface area contributed by atoms with Crippen LogP contribution < -0.4 is 0 Å². The molecule has 1 unspecified atom stereocenters. The van der Waals surface area contributed by atoms with Crippen LogP contribution in [0.2, 0.25) is 0 Å². The molecule has 2 aliphatic heterocycles. The smallest absolute Gasteiger partial charge is 0.244 e. The van der Waals surface area contributed by atoms with Crippen molar-refractivity contribution in [2.75, 3.05) is 39.3 Å². The molecule has 2 aromatic carbocycles. The number of carbonyl (C=O) groups excluding carboxylic acids is 1. The predicted molar refractivity (Wildman–Crippen MR) is 113 cm³/mol. The van der Waals surface area contributed by atoms with Gasteiger partial charge in [0, 0.05) is 45.8 Å². The second-order valence-electron chi connectivity index (χ2n) is 7.97. The van der Waals surface area contributed by atoms with E-state index in [1.807, 2.05) is 47.4 Å². The summed E-state index contributed by atoms with van der Waals surface area (Å²) in [5.41, 5.74) is 3.03. The topological polar surface area (TPSA) is 50.6 Å². The minimum Gasteiger partial charge on any atom is -0.341 e. The average molecular weight is 389 g/mol. The minimum absolute atomic E-state index is 0.175. The molecule has 0 N–H and O–H groups in total. The van der Waals surface area contributed by atoms with Gasteiger partial charge in [0.15, 0.2) is 0 Å². The zero-order valence-electron chi connectivity index (χ0n) is 16.8. The molecule has 4 rings (SSSR count). The van der Waals surface area contributed by atoms with Crippen molar-refractivity contribution in [2.45, 2.75) is 25.4 Å². The molecule has 2 fully saturated rings. The molecule has 29 heavy (non-hydrogen) atoms. The van der Waals surface area contributed by atoms with Gasteiger partial charge < -0.3 is 4.90 Å². The van der Waals surface area contributed by atoms with Crippen LogP contribution in [0.4, 0.5) is 0 Å². The number of hydrogen-bond donors (Lipinski definition) is 0. The first-order valence-corrected chi connectivity index (χ1v) is 10.5. The van der Waals surface area contributed by atoms with Gasteiger partial charge in [0.25, 0.3) is 0 Å². The van der Waals surface area contributed by atoms with Crippen LogP contribution in [0.15, 0.2) is 54.6 Å². The summed E-state index contributed by atoms with van der Waals surface area (Å²) in [6.45, 7) is 6.31. The maximum absolute atomic E-state index is 13.3. The number of benzene rings is 2. The second kappa shape index (κ2) is 9.21. The predicted octanol–water partition coefficient (Wildman–Crippen LogP) is 3.04. The first-order chi connectivity index (χ1) is 14.2. The summed E-state index contributed by atoms with van der Waals surface area (Å²) < 4.78 is 0. The molecule has 5 heteroatoms. The first-order valence-electron chi connectivity index (χ1n) is 10.5. The third-order valence-electron chi connectivity index (χ3n) is 6.03. The third kappa shape index (κ3) is 4.67. The molecular formula is C24H28N4O. The lowest BCUT2D eigenvalue weighted by molar-refractivity contribution is -0.137. The largest absolute Gasteiger partial charge is 0.341 e. The quantitative estimate of drug-likeness (QED) is 0.790. The summed E-state index contributed by atoms with van der Waals surface area (Å²) in [7, 11) is 0. The summed E-state index contributed by atoms with van der Waals surface area (Å²) in [4.78, 5) is 20.1. The fourth-order valence-corrected chi connectivity index (χ4v) is 4.38. The van der Waals surface area contributed by atoms with Crippen LogP contribution in [-0.4, -0.2) is 59.9 Å². The first kappa shape index (κ1) is 19.6. The highest BCUT2D eigenvalue weighted by molar-refractivity contribution is 5.83. The fourth-order valence-electron chi connectivity index (χ4n) is 4.38. The Morgan fingerprint density at radius 1 is 0.897 bits per heavy atom. The van der Waals surface area contributed by atoms with Crippen molar-refractivity contribution in [2.24, 2.45) is 0 Å². The van der Waals surface area contributed by atoms with Crippen LogP contribution in [0.1, 0.15) is 35.6 Å². The Labute approximate surface area is 173 Å². The molecule has 2 aromatic rings. The highest BCUT2D eigenvalue weighted by Crippen LogP contribution is 2.26. The van der Waals surface area contributed by atoms with Crippen molar-refractivity contribution in [1.29, 1.82) is 5.26 Å². The van der Waals surface area contributed by atoms with E-state index in [0.717, 1.165) is 64.2 Å². The summed E-state index contributed by atoms with van der Waals surface area (Å²) in [5.74, 6) is 0.259. The number of carbonyl (C=O) groups is 1. The number of likely N-dealkylation sites (tertiary alicyclic amines) is 1. The van der Waals surface area contributed by atoms with E-state index in [9.17, 15) is 4.79 Å². The van der Waals surface area contributed by atoms with Gasteiger partial charge in [-0.25, -0.2) is 0 Å². The van der Waals surface area contributed by atoms with Crippen molar-refractivity contribution in [3.63, 3.8) is 0 Å². The lowest BCUT2D eigenvalue weighted by Crippen LogP contribution is -2.51. The van der Waals surface area contributed by atoms with E-state index in [1.165, 1.54) is 5.56 Å². The Bertz CT molecular complexity index is 845. The SMILES string of the molecule is N#Cc1ccc(CN2CCN(C(C(=O)N3CCCC3)c3ccccc3)CC2)cc1. The van der Waals surface area contributed by atoms with Crippen molar-refractivity contribution >= 4 is 5.91 Å². The van der Waals surface area contributed by atoms with Crippen molar-refractivity contribution in [3.05, 3.63) is 71.3 Å². The van der Waals surface area contributed by atoms with Gasteiger partial charge >= 0.3 is 0 Å². The van der Waals surface area contributed by atoms with Crippen molar-refractivity contribution < 1.29 is 4.79 Å². The lowest BCUT2D eigenvalue weighted by Gasteiger charge is -2.40. The van der Waals surface area contributed by atoms with E-state index in [4.69, 9.17) is 5.26 Å². The molecule has 2 heterocycles. The molecule has 5 nitrogen and oxygen atoms in total. The maximum atomic E-state index is 13.3. The lowest BCUT2D eigenvalue weighted by atomic mass is 10.0. The summed E-state index contributed by atoms with van der Waals surface area (Å²) >= 11 is 0. The molecule has 0 aromatic heterocycles. The van der Waals surface area contributed by atoms with Crippen LogP contribution in [-0.2, 0) is 11.3 Å². The zero-order chi connectivity index (χ0) is 20.1. The number of hydrogen-bond acceptors (Lipinski definition) is 4. The van der Waals surface area contributed by atoms with Crippen LogP contribution in [0.25, 0.3) is 0 Å². The Hall–Kier alpha value is -2.68. The number of nitrogens with zero attached hydrogens (tertiary/aromatic N) is 4. The molecule has 0 spiro atoms. The maximum Gasteiger partial charge on any atom is 0.244 e. The molecule has 2 aliphatic rings. The van der Waals surface area contributed by atoms with E-state index in [1.54, 1.807) is 0 Å². The molecule has 1 amide bonds. The van der Waals surface area contributed by atoms with Crippen LogP contribution >= 0.6 is 0 Å². The van der Waals surface area contributed by atoms with Gasteiger partial charge in [-0.2, -0.15) is 5.26 Å². The molecule has 150 valence electrons. The van der Waals surface area contributed by atoms with Gasteiger partial charge in [-0.05, 0) is 36.1 Å². The molecule has 2 saturated heterocycles. The van der Waals surface area contributed by atoms with E-state index >= 15 is 0 Å². The standard InChI is InChI=1S/C24H28N4O/c25-18-20-8-10-21(11-9-20)19-26-14-16-27(17-15-26)23(22-6-2-1-3-7-22)24(29)28-12-4-5-13-28/h1-3,6-11,23H,4-5,12-17,19H2. The summed E-state index contributed by atoms with van der Waals surface area (Å²) in [5, 5.41) is 8.95. The number of amides is 1.